The summed E-state index contributed by atoms with van der Waals surface area (Å²) in [5, 5.41) is 3.12. The maximum absolute atomic E-state index is 12.3. The summed E-state index contributed by atoms with van der Waals surface area (Å²) in [4.78, 5) is 12.3. The van der Waals surface area contributed by atoms with Crippen LogP contribution in [0.3, 0.4) is 0 Å². The average Bonchev–Trinajstić information content (AvgIpc) is 2.51. The molecular formula is C21H27NO. The zero-order valence-corrected chi connectivity index (χ0v) is 14.9. The van der Waals surface area contributed by atoms with Crippen LogP contribution in [0.2, 0.25) is 0 Å². The van der Waals surface area contributed by atoms with E-state index in [0.717, 1.165) is 12.0 Å². The Hall–Kier alpha value is -2.09. The molecule has 1 unspecified atom stereocenters. The highest BCUT2D eigenvalue weighted by Gasteiger charge is 2.13. The minimum Gasteiger partial charge on any atom is -0.349 e. The quantitative estimate of drug-likeness (QED) is 0.859. The van der Waals surface area contributed by atoms with E-state index in [1.165, 1.54) is 27.8 Å². The van der Waals surface area contributed by atoms with Gasteiger partial charge in [-0.15, -0.1) is 0 Å². The Morgan fingerprint density at radius 1 is 0.957 bits per heavy atom. The normalized spacial score (nSPS) is 12.0. The molecule has 23 heavy (non-hydrogen) atoms. The maximum Gasteiger partial charge on any atom is 0.224 e. The summed E-state index contributed by atoms with van der Waals surface area (Å²) in [5.74, 6) is 0.0689. The topological polar surface area (TPSA) is 29.1 Å². The molecule has 2 aromatic carbocycles. The van der Waals surface area contributed by atoms with Crippen molar-refractivity contribution in [3.05, 3.63) is 69.8 Å². The first-order valence-corrected chi connectivity index (χ1v) is 8.35. The van der Waals surface area contributed by atoms with E-state index in [0.29, 0.717) is 6.42 Å². The van der Waals surface area contributed by atoms with Crippen molar-refractivity contribution in [2.45, 2.75) is 53.5 Å². The predicted octanol–water partition coefficient (Wildman–Crippen LogP) is 4.59. The first-order chi connectivity index (χ1) is 10.9. The minimum atomic E-state index is 0.0247. The lowest BCUT2D eigenvalue weighted by molar-refractivity contribution is -0.121. The molecule has 1 atom stereocenters. The Labute approximate surface area is 139 Å². The molecule has 0 aromatic heterocycles. The first-order valence-electron chi connectivity index (χ1n) is 8.35. The molecule has 0 aliphatic carbocycles. The lowest BCUT2D eigenvalue weighted by Gasteiger charge is -2.18. The molecular weight excluding hydrogens is 282 g/mol. The highest BCUT2D eigenvalue weighted by molar-refractivity contribution is 5.79. The third kappa shape index (κ3) is 4.44. The molecule has 0 heterocycles. The van der Waals surface area contributed by atoms with Gasteiger partial charge in [0.1, 0.15) is 0 Å². The Balaban J connectivity index is 2.03. The molecule has 0 aliphatic heterocycles. The molecule has 0 fully saturated rings. The Bertz CT molecular complexity index is 686. The van der Waals surface area contributed by atoms with Crippen molar-refractivity contribution in [1.29, 1.82) is 0 Å². The number of nitrogens with one attached hydrogen (secondary N) is 1. The molecule has 1 N–H and O–H groups in total. The fourth-order valence-corrected chi connectivity index (χ4v) is 2.90. The van der Waals surface area contributed by atoms with E-state index >= 15 is 0 Å². The number of carbonyl (C=O) groups excluding carboxylic acids is 1. The van der Waals surface area contributed by atoms with Gasteiger partial charge in [0.25, 0.3) is 0 Å². The van der Waals surface area contributed by atoms with E-state index < -0.39 is 0 Å². The van der Waals surface area contributed by atoms with Crippen LogP contribution in [-0.4, -0.2) is 5.91 Å². The smallest absolute Gasteiger partial charge is 0.224 e. The van der Waals surface area contributed by atoms with Crippen molar-refractivity contribution in [3.8, 4) is 0 Å². The molecule has 2 nitrogen and oxygen atoms in total. The van der Waals surface area contributed by atoms with Gasteiger partial charge in [-0.1, -0.05) is 43.3 Å². The van der Waals surface area contributed by atoms with E-state index in [1.807, 2.05) is 12.1 Å². The van der Waals surface area contributed by atoms with Gasteiger partial charge in [-0.2, -0.15) is 0 Å². The Morgan fingerprint density at radius 2 is 1.52 bits per heavy atom. The van der Waals surface area contributed by atoms with Crippen LogP contribution >= 0.6 is 0 Å². The highest BCUT2D eigenvalue weighted by atomic mass is 16.1. The minimum absolute atomic E-state index is 0.0247. The molecule has 0 saturated heterocycles. The number of aryl methyl sites for hydroxylation is 4. The first kappa shape index (κ1) is 17.3. The van der Waals surface area contributed by atoms with Crippen LogP contribution in [0, 0.1) is 20.8 Å². The zero-order chi connectivity index (χ0) is 17.0. The van der Waals surface area contributed by atoms with Gasteiger partial charge in [-0.05, 0) is 67.5 Å². The van der Waals surface area contributed by atoms with Crippen LogP contribution in [0.4, 0.5) is 0 Å². The fourth-order valence-electron chi connectivity index (χ4n) is 2.90. The molecule has 2 rings (SSSR count). The van der Waals surface area contributed by atoms with Gasteiger partial charge in [-0.25, -0.2) is 0 Å². The molecule has 1 amide bonds. The fraction of sp³-hybridized carbons (Fsp3) is 0.381. The molecule has 122 valence electrons. The average molecular weight is 309 g/mol. The van der Waals surface area contributed by atoms with Crippen molar-refractivity contribution >= 4 is 5.91 Å². The van der Waals surface area contributed by atoms with Crippen LogP contribution in [0.15, 0.2) is 36.4 Å². The summed E-state index contributed by atoms with van der Waals surface area (Å²) < 4.78 is 0. The van der Waals surface area contributed by atoms with E-state index in [4.69, 9.17) is 0 Å². The molecule has 0 radical (unpaired) electrons. The maximum atomic E-state index is 12.3. The SMILES string of the molecule is CCc1ccc(CC(=O)NC(C)c2cc(C)c(C)cc2C)cc1. The molecule has 2 heteroatoms. The summed E-state index contributed by atoms with van der Waals surface area (Å²) in [6, 6.07) is 12.7. The van der Waals surface area contributed by atoms with E-state index in [2.05, 4.69) is 64.2 Å². The number of rotatable bonds is 5. The largest absolute Gasteiger partial charge is 0.349 e. The van der Waals surface area contributed by atoms with Crippen LogP contribution < -0.4 is 5.32 Å². The number of hydrogen-bond donors (Lipinski definition) is 1. The standard InChI is InChI=1S/C21H27NO/c1-6-18-7-9-19(10-8-18)13-21(23)22-17(5)20-12-15(3)14(2)11-16(20)4/h7-12,17H,6,13H2,1-5H3,(H,22,23). The van der Waals surface area contributed by atoms with Crippen LogP contribution in [-0.2, 0) is 17.6 Å². The van der Waals surface area contributed by atoms with E-state index in [-0.39, 0.29) is 11.9 Å². The number of amides is 1. The monoisotopic (exact) mass is 309 g/mol. The van der Waals surface area contributed by atoms with Crippen molar-refractivity contribution in [2.24, 2.45) is 0 Å². The van der Waals surface area contributed by atoms with Crippen molar-refractivity contribution in [3.63, 3.8) is 0 Å². The summed E-state index contributed by atoms with van der Waals surface area (Å²) >= 11 is 0. The van der Waals surface area contributed by atoms with E-state index in [1.54, 1.807) is 0 Å². The second-order valence-corrected chi connectivity index (χ2v) is 6.43. The Kier molecular flexibility index (Phi) is 5.59. The third-order valence-electron chi connectivity index (χ3n) is 4.52. The van der Waals surface area contributed by atoms with Gasteiger partial charge in [0, 0.05) is 0 Å². The van der Waals surface area contributed by atoms with Crippen LogP contribution in [0.5, 0.6) is 0 Å². The lowest BCUT2D eigenvalue weighted by Crippen LogP contribution is -2.28. The summed E-state index contributed by atoms with van der Waals surface area (Å²) in [6.07, 6.45) is 1.45. The molecule has 0 aliphatic rings. The van der Waals surface area contributed by atoms with Gasteiger partial charge >= 0.3 is 0 Å². The van der Waals surface area contributed by atoms with Gasteiger partial charge in [0.05, 0.1) is 12.5 Å². The molecule has 0 saturated carbocycles. The van der Waals surface area contributed by atoms with Gasteiger partial charge in [0.2, 0.25) is 5.91 Å². The van der Waals surface area contributed by atoms with Gasteiger partial charge in [0.15, 0.2) is 0 Å². The third-order valence-corrected chi connectivity index (χ3v) is 4.52. The molecule has 0 bridgehead atoms. The van der Waals surface area contributed by atoms with Gasteiger partial charge < -0.3 is 5.32 Å². The summed E-state index contributed by atoms with van der Waals surface area (Å²) in [7, 11) is 0. The highest BCUT2D eigenvalue weighted by Crippen LogP contribution is 2.21. The predicted molar refractivity (Wildman–Crippen MR) is 96.7 cm³/mol. The number of benzene rings is 2. The molecule has 2 aromatic rings. The number of hydrogen-bond acceptors (Lipinski definition) is 1. The van der Waals surface area contributed by atoms with Crippen LogP contribution in [0.25, 0.3) is 0 Å². The van der Waals surface area contributed by atoms with Crippen molar-refractivity contribution < 1.29 is 4.79 Å². The number of carbonyl (C=O) groups is 1. The zero-order valence-electron chi connectivity index (χ0n) is 14.9. The Morgan fingerprint density at radius 3 is 2.13 bits per heavy atom. The summed E-state index contributed by atoms with van der Waals surface area (Å²) in [5.41, 5.74) is 7.34. The van der Waals surface area contributed by atoms with E-state index in [9.17, 15) is 4.79 Å². The summed E-state index contributed by atoms with van der Waals surface area (Å²) in [6.45, 7) is 10.5. The molecule has 0 spiro atoms. The van der Waals surface area contributed by atoms with Crippen molar-refractivity contribution in [1.82, 2.24) is 5.32 Å². The van der Waals surface area contributed by atoms with Gasteiger partial charge in [-0.3, -0.25) is 4.79 Å². The second-order valence-electron chi connectivity index (χ2n) is 6.43. The second kappa shape index (κ2) is 7.45. The van der Waals surface area contributed by atoms with Crippen molar-refractivity contribution in [2.75, 3.05) is 0 Å². The lowest BCUT2D eigenvalue weighted by atomic mass is 9.96. The van der Waals surface area contributed by atoms with Crippen LogP contribution in [0.1, 0.15) is 53.3 Å².